The van der Waals surface area contributed by atoms with Crippen LogP contribution in [-0.4, -0.2) is 46.3 Å². The van der Waals surface area contributed by atoms with Crippen LogP contribution in [-0.2, 0) is 16.1 Å². The third-order valence-electron chi connectivity index (χ3n) is 5.84. The Bertz CT molecular complexity index is 1030. The van der Waals surface area contributed by atoms with Gasteiger partial charge in [-0.25, -0.2) is 0 Å². The Balaban J connectivity index is 1.53. The van der Waals surface area contributed by atoms with Crippen LogP contribution in [0.1, 0.15) is 34.8 Å². The summed E-state index contributed by atoms with van der Waals surface area (Å²) in [5, 5.41) is 2.67. The van der Waals surface area contributed by atoms with E-state index in [-0.39, 0.29) is 29.7 Å². The lowest BCUT2D eigenvalue weighted by Gasteiger charge is -2.43. The summed E-state index contributed by atoms with van der Waals surface area (Å²) >= 11 is 0. The van der Waals surface area contributed by atoms with Crippen molar-refractivity contribution in [1.29, 1.82) is 0 Å². The van der Waals surface area contributed by atoms with Crippen LogP contribution in [0.4, 0.5) is 0 Å². The van der Waals surface area contributed by atoms with Crippen molar-refractivity contribution in [2.75, 3.05) is 13.1 Å². The first-order valence-electron chi connectivity index (χ1n) is 10.0. The van der Waals surface area contributed by atoms with E-state index in [0.717, 1.165) is 12.1 Å². The first-order chi connectivity index (χ1) is 14.4. The average Bonchev–Trinajstić information content (AvgIpc) is 2.73. The third-order valence-corrected chi connectivity index (χ3v) is 5.84. The number of nitrogens with zero attached hydrogens (tertiary/aromatic N) is 2. The van der Waals surface area contributed by atoms with E-state index in [1.807, 2.05) is 6.07 Å². The zero-order valence-electron chi connectivity index (χ0n) is 16.5. The van der Waals surface area contributed by atoms with Gasteiger partial charge >= 0.3 is 0 Å². The van der Waals surface area contributed by atoms with Crippen LogP contribution >= 0.6 is 0 Å². The van der Waals surface area contributed by atoms with Crippen molar-refractivity contribution in [3.63, 3.8) is 0 Å². The van der Waals surface area contributed by atoms with Crippen molar-refractivity contribution in [2.24, 2.45) is 11.7 Å². The number of amides is 3. The normalized spacial score (nSPS) is 20.7. The average molecular weight is 408 g/mol. The van der Waals surface area contributed by atoms with Gasteiger partial charge in [-0.3, -0.25) is 19.2 Å². The molecule has 1 aromatic carbocycles. The van der Waals surface area contributed by atoms with Gasteiger partial charge in [-0.15, -0.1) is 0 Å². The van der Waals surface area contributed by atoms with Crippen LogP contribution < -0.4 is 16.6 Å². The fourth-order valence-electron chi connectivity index (χ4n) is 4.53. The number of aromatic nitrogens is 1. The number of nitrogens with one attached hydrogen (secondary N) is 1. The Kier molecular flexibility index (Phi) is 5.39. The number of likely N-dealkylation sites (tertiary alicyclic amines) is 1. The maximum Gasteiger partial charge on any atom is 0.251 e. The zero-order valence-corrected chi connectivity index (χ0v) is 16.5. The van der Waals surface area contributed by atoms with E-state index in [0.29, 0.717) is 25.2 Å². The number of benzene rings is 1. The summed E-state index contributed by atoms with van der Waals surface area (Å²) in [7, 11) is 0. The molecule has 3 heterocycles. The highest BCUT2D eigenvalue weighted by molar-refractivity contribution is 5.98. The third kappa shape index (κ3) is 3.98. The van der Waals surface area contributed by atoms with Crippen molar-refractivity contribution in [3.05, 3.63) is 70.1 Å². The van der Waals surface area contributed by atoms with E-state index < -0.39 is 17.9 Å². The molecule has 2 aromatic rings. The second-order valence-corrected chi connectivity index (χ2v) is 8.00. The Morgan fingerprint density at radius 1 is 1.03 bits per heavy atom. The molecule has 8 heteroatoms. The maximum atomic E-state index is 13.2. The summed E-state index contributed by atoms with van der Waals surface area (Å²) in [6.07, 6.45) is 0.642. The highest BCUT2D eigenvalue weighted by Crippen LogP contribution is 2.35. The first kappa shape index (κ1) is 19.9. The Morgan fingerprint density at radius 2 is 1.80 bits per heavy atom. The summed E-state index contributed by atoms with van der Waals surface area (Å²) in [5.74, 6) is -1.20. The van der Waals surface area contributed by atoms with Gasteiger partial charge in [0.2, 0.25) is 11.8 Å². The van der Waals surface area contributed by atoms with Gasteiger partial charge in [0.25, 0.3) is 11.5 Å². The quantitative estimate of drug-likeness (QED) is 0.748. The minimum Gasteiger partial charge on any atom is -0.370 e. The highest BCUT2D eigenvalue weighted by Gasteiger charge is 2.38. The van der Waals surface area contributed by atoms with E-state index in [4.69, 9.17) is 5.73 Å². The first-order valence-corrected chi connectivity index (χ1v) is 10.0. The molecule has 2 aliphatic rings. The lowest BCUT2D eigenvalue weighted by atomic mass is 9.83. The predicted molar refractivity (Wildman–Crippen MR) is 110 cm³/mol. The Morgan fingerprint density at radius 3 is 2.53 bits per heavy atom. The van der Waals surface area contributed by atoms with Crippen molar-refractivity contribution in [1.82, 2.24) is 14.8 Å². The minimum atomic E-state index is -1.02. The van der Waals surface area contributed by atoms with Crippen LogP contribution in [0.3, 0.4) is 0 Å². The van der Waals surface area contributed by atoms with E-state index in [2.05, 4.69) is 5.32 Å². The number of piperidine rings is 1. The number of pyridine rings is 1. The number of fused-ring (bicyclic) bond motifs is 4. The molecule has 0 unspecified atom stereocenters. The molecular formula is C22H24N4O4. The van der Waals surface area contributed by atoms with E-state index >= 15 is 0 Å². The van der Waals surface area contributed by atoms with Crippen molar-refractivity contribution < 1.29 is 14.4 Å². The monoisotopic (exact) mass is 408 g/mol. The van der Waals surface area contributed by atoms with Gasteiger partial charge in [0.05, 0.1) is 6.42 Å². The second kappa shape index (κ2) is 8.14. The molecule has 2 bridgehead atoms. The molecule has 2 aliphatic heterocycles. The number of carbonyl (C=O) groups is 3. The number of primary amides is 1. The molecule has 3 N–H and O–H groups in total. The second-order valence-electron chi connectivity index (χ2n) is 8.00. The van der Waals surface area contributed by atoms with Gasteiger partial charge in [0.1, 0.15) is 6.04 Å². The summed E-state index contributed by atoms with van der Waals surface area (Å²) in [4.78, 5) is 51.2. The van der Waals surface area contributed by atoms with Crippen LogP contribution in [0, 0.1) is 5.92 Å². The molecule has 1 aromatic heterocycles. The van der Waals surface area contributed by atoms with E-state index in [1.54, 1.807) is 51.9 Å². The summed E-state index contributed by atoms with van der Waals surface area (Å²) in [6.45, 7) is 1.48. The molecule has 0 saturated carbocycles. The van der Waals surface area contributed by atoms with Crippen LogP contribution in [0.5, 0.6) is 0 Å². The van der Waals surface area contributed by atoms with E-state index in [1.165, 1.54) is 0 Å². The van der Waals surface area contributed by atoms with Gasteiger partial charge in [-0.1, -0.05) is 24.3 Å². The molecule has 1 saturated heterocycles. The molecule has 1 fully saturated rings. The molecule has 4 rings (SSSR count). The lowest BCUT2D eigenvalue weighted by Crippen LogP contribution is -2.55. The zero-order chi connectivity index (χ0) is 21.3. The Hall–Kier alpha value is -3.42. The lowest BCUT2D eigenvalue weighted by molar-refractivity contribution is -0.137. The van der Waals surface area contributed by atoms with Gasteiger partial charge in [0.15, 0.2) is 0 Å². The number of nitrogens with two attached hydrogens (primary N) is 1. The molecule has 0 aliphatic carbocycles. The SMILES string of the molecule is NC(=O)C[C@@H](NC(=O)c1ccccc1)C(=O)N1C[C@@H]2C[C@H](C1)c1cccc(=O)n1C2. The largest absolute Gasteiger partial charge is 0.370 e. The minimum absolute atomic E-state index is 0.0243. The summed E-state index contributed by atoms with van der Waals surface area (Å²) < 4.78 is 1.79. The highest BCUT2D eigenvalue weighted by atomic mass is 16.2. The fourth-order valence-corrected chi connectivity index (χ4v) is 4.53. The van der Waals surface area contributed by atoms with Gasteiger partial charge in [-0.2, -0.15) is 0 Å². The molecule has 0 radical (unpaired) electrons. The molecule has 3 amide bonds. The Labute approximate surface area is 173 Å². The van der Waals surface area contributed by atoms with E-state index in [9.17, 15) is 19.2 Å². The van der Waals surface area contributed by atoms with Crippen molar-refractivity contribution in [3.8, 4) is 0 Å². The molecule has 30 heavy (non-hydrogen) atoms. The topological polar surface area (TPSA) is 114 Å². The van der Waals surface area contributed by atoms with Crippen molar-refractivity contribution >= 4 is 17.7 Å². The van der Waals surface area contributed by atoms with Crippen LogP contribution in [0.2, 0.25) is 0 Å². The number of rotatable bonds is 5. The van der Waals surface area contributed by atoms with Crippen LogP contribution in [0.15, 0.2) is 53.3 Å². The van der Waals surface area contributed by atoms with Gasteiger partial charge in [0, 0.05) is 42.9 Å². The maximum absolute atomic E-state index is 13.2. The summed E-state index contributed by atoms with van der Waals surface area (Å²) in [5.41, 5.74) is 6.66. The number of hydrogen-bond acceptors (Lipinski definition) is 4. The van der Waals surface area contributed by atoms with Crippen molar-refractivity contribution in [2.45, 2.75) is 31.3 Å². The van der Waals surface area contributed by atoms with Crippen LogP contribution in [0.25, 0.3) is 0 Å². The standard InChI is InChI=1S/C22H24N4O4/c23-19(27)10-17(24-21(29)15-5-2-1-3-6-15)22(30)25-11-14-9-16(13-25)18-7-4-8-20(28)26(18)12-14/h1-8,14,16-17H,9-13H2,(H2,23,27)(H,24,29)/t14-,16+,17+/m0/s1. The van der Waals surface area contributed by atoms with Gasteiger partial charge < -0.3 is 20.5 Å². The fraction of sp³-hybridized carbons (Fsp3) is 0.364. The van der Waals surface area contributed by atoms with Gasteiger partial charge in [-0.05, 0) is 30.5 Å². The molecule has 3 atom stereocenters. The number of carbonyl (C=O) groups excluding carboxylic acids is 3. The molecule has 156 valence electrons. The molecule has 0 spiro atoms. The molecule has 8 nitrogen and oxygen atoms in total. The molecular weight excluding hydrogens is 384 g/mol. The summed E-state index contributed by atoms with van der Waals surface area (Å²) in [6, 6.07) is 12.7. The smallest absolute Gasteiger partial charge is 0.251 e. The predicted octanol–water partition coefficient (Wildman–Crippen LogP) is 0.468. The number of hydrogen-bond donors (Lipinski definition) is 2.